The van der Waals surface area contributed by atoms with Gasteiger partial charge in [-0.1, -0.05) is 37.8 Å². The van der Waals surface area contributed by atoms with Gasteiger partial charge in [0.05, 0.1) is 19.2 Å². The van der Waals surface area contributed by atoms with E-state index in [1.54, 1.807) is 45.0 Å². The molecule has 1 aliphatic rings. The van der Waals surface area contributed by atoms with Crippen LogP contribution in [0.4, 0.5) is 10.5 Å². The van der Waals surface area contributed by atoms with Crippen molar-refractivity contribution in [3.05, 3.63) is 34.8 Å². The number of likely N-dealkylation sites (N-methyl/N-ethyl adjacent to an activating group) is 1. The summed E-state index contributed by atoms with van der Waals surface area (Å²) in [5, 5.41) is 16.5. The van der Waals surface area contributed by atoms with Gasteiger partial charge >= 0.3 is 6.03 Å². The molecule has 10 nitrogen and oxygen atoms in total. The number of amides is 3. The Morgan fingerprint density at radius 1 is 1.36 bits per heavy atom. The van der Waals surface area contributed by atoms with Crippen molar-refractivity contribution >= 4 is 17.6 Å². The van der Waals surface area contributed by atoms with Crippen LogP contribution in [0.3, 0.4) is 0 Å². The van der Waals surface area contributed by atoms with Crippen LogP contribution >= 0.6 is 0 Å². The number of aliphatic hydroxyl groups is 1. The number of fused-ring (bicyclic) bond motifs is 1. The van der Waals surface area contributed by atoms with E-state index in [2.05, 4.69) is 27.3 Å². The van der Waals surface area contributed by atoms with Gasteiger partial charge in [0.15, 0.2) is 5.76 Å². The second-order valence-electron chi connectivity index (χ2n) is 9.63. The molecule has 0 bridgehead atoms. The Kier molecular flexibility index (Phi) is 8.58. The molecular formula is C26H35N5O5. The minimum absolute atomic E-state index is 0.160. The van der Waals surface area contributed by atoms with E-state index in [9.17, 15) is 14.7 Å². The number of nitrogens with zero attached hydrogens (tertiary/aromatic N) is 4. The Bertz CT molecular complexity index is 1150. The van der Waals surface area contributed by atoms with Crippen LogP contribution in [0.15, 0.2) is 16.8 Å². The van der Waals surface area contributed by atoms with Gasteiger partial charge in [-0.2, -0.15) is 0 Å². The van der Waals surface area contributed by atoms with Crippen LogP contribution in [-0.2, 0) is 0 Å². The minimum Gasteiger partial charge on any atom is -0.472 e. The number of anilines is 1. The molecule has 0 fully saturated rings. The molecule has 3 rings (SSSR count). The summed E-state index contributed by atoms with van der Waals surface area (Å²) < 4.78 is 11.4. The van der Waals surface area contributed by atoms with E-state index in [0.29, 0.717) is 29.2 Å². The third-order valence-electron chi connectivity index (χ3n) is 6.09. The molecule has 0 aromatic carbocycles. The highest BCUT2D eigenvalue weighted by Gasteiger charge is 2.34. The van der Waals surface area contributed by atoms with E-state index >= 15 is 0 Å². The van der Waals surface area contributed by atoms with Crippen molar-refractivity contribution in [3.63, 3.8) is 0 Å². The lowest BCUT2D eigenvalue weighted by atomic mass is 10.00. The highest BCUT2D eigenvalue weighted by molar-refractivity contribution is 5.97. The fourth-order valence-corrected chi connectivity index (χ4v) is 3.83. The van der Waals surface area contributed by atoms with Crippen molar-refractivity contribution in [3.8, 4) is 17.7 Å². The number of rotatable bonds is 5. The largest absolute Gasteiger partial charge is 0.472 e. The molecule has 0 aliphatic carbocycles. The summed E-state index contributed by atoms with van der Waals surface area (Å²) in [5.74, 6) is 6.56. The first-order valence-corrected chi connectivity index (χ1v) is 12.1. The molecule has 0 unspecified atom stereocenters. The minimum atomic E-state index is -0.467. The van der Waals surface area contributed by atoms with Crippen LogP contribution in [0.2, 0.25) is 0 Å². The number of aromatic nitrogens is 2. The average molecular weight is 498 g/mol. The maximum atomic E-state index is 13.5. The molecule has 3 amide bonds. The number of carbonyl (C=O) groups is 2. The number of ether oxygens (including phenoxy) is 1. The number of carbonyl (C=O) groups excluding carboxylic acids is 2. The first kappa shape index (κ1) is 27.0. The van der Waals surface area contributed by atoms with E-state index in [-0.39, 0.29) is 48.4 Å². The monoisotopic (exact) mass is 497 g/mol. The van der Waals surface area contributed by atoms with E-state index in [1.807, 2.05) is 20.8 Å². The predicted molar refractivity (Wildman–Crippen MR) is 135 cm³/mol. The van der Waals surface area contributed by atoms with Gasteiger partial charge in [0.2, 0.25) is 5.88 Å². The summed E-state index contributed by atoms with van der Waals surface area (Å²) in [7, 11) is 1.67. The molecule has 10 heteroatoms. The summed E-state index contributed by atoms with van der Waals surface area (Å²) in [5.41, 5.74) is 2.02. The maximum Gasteiger partial charge on any atom is 0.321 e. The van der Waals surface area contributed by atoms with Crippen LogP contribution in [0.1, 0.15) is 55.1 Å². The quantitative estimate of drug-likeness (QED) is 0.609. The zero-order valence-corrected chi connectivity index (χ0v) is 22.0. The standard InChI is InChI=1S/C26H35N5O5/c1-15(2)8-9-20-10-21-24(27-11-20)35-22(16(3)12-31(25(21)33)17(4)14-32)13-30(7)26(34)28-23-18(5)29-36-19(23)6/h10-11,15-17,22,32H,12-14H2,1-7H3,(H,28,34)/t16-,17+,22+/m1/s1. The highest BCUT2D eigenvalue weighted by atomic mass is 16.5. The molecule has 2 N–H and O–H groups in total. The summed E-state index contributed by atoms with van der Waals surface area (Å²) in [6, 6.07) is 0.932. The molecule has 0 radical (unpaired) electrons. The maximum absolute atomic E-state index is 13.5. The molecule has 2 aromatic rings. The molecule has 3 heterocycles. The Hall–Kier alpha value is -3.58. The van der Waals surface area contributed by atoms with Gasteiger partial charge in [-0.05, 0) is 26.8 Å². The molecular weight excluding hydrogens is 462 g/mol. The lowest BCUT2D eigenvalue weighted by molar-refractivity contribution is 0.0356. The number of aryl methyl sites for hydroxylation is 2. The van der Waals surface area contributed by atoms with Crippen LogP contribution in [0.5, 0.6) is 5.88 Å². The molecule has 0 saturated heterocycles. The molecule has 194 valence electrons. The fraction of sp³-hybridized carbons (Fsp3) is 0.538. The Balaban J connectivity index is 1.90. The fourth-order valence-electron chi connectivity index (χ4n) is 3.83. The van der Waals surface area contributed by atoms with Gasteiger partial charge in [0.25, 0.3) is 5.91 Å². The second kappa shape index (κ2) is 11.4. The zero-order valence-electron chi connectivity index (χ0n) is 22.0. The van der Waals surface area contributed by atoms with Crippen LogP contribution in [0.25, 0.3) is 0 Å². The molecule has 36 heavy (non-hydrogen) atoms. The van der Waals surface area contributed by atoms with Crippen molar-refractivity contribution in [1.29, 1.82) is 0 Å². The third-order valence-corrected chi connectivity index (χ3v) is 6.09. The van der Waals surface area contributed by atoms with Crippen LogP contribution in [0, 0.1) is 37.5 Å². The van der Waals surface area contributed by atoms with Gasteiger partial charge in [-0.3, -0.25) is 4.79 Å². The van der Waals surface area contributed by atoms with Crippen LogP contribution in [-0.4, -0.2) is 75.9 Å². The number of urea groups is 1. The van der Waals surface area contributed by atoms with Crippen molar-refractivity contribution in [1.82, 2.24) is 19.9 Å². The van der Waals surface area contributed by atoms with E-state index in [1.165, 1.54) is 4.90 Å². The lowest BCUT2D eigenvalue weighted by Gasteiger charge is -2.37. The number of nitrogens with one attached hydrogen (secondary N) is 1. The zero-order chi connectivity index (χ0) is 26.6. The molecule has 3 atom stereocenters. The molecule has 2 aromatic heterocycles. The van der Waals surface area contributed by atoms with Crippen molar-refractivity contribution in [2.75, 3.05) is 32.1 Å². The van der Waals surface area contributed by atoms with Crippen molar-refractivity contribution < 1.29 is 24.0 Å². The normalized spacial score (nSPS) is 18.4. The van der Waals surface area contributed by atoms with Gasteiger partial charge in [-0.25, -0.2) is 9.78 Å². The SMILES string of the molecule is Cc1noc(C)c1NC(=O)N(C)C[C@@H]1Oc2ncc(C#CC(C)C)cc2C(=O)N([C@@H](C)CO)C[C@H]1C. The molecule has 0 spiro atoms. The van der Waals surface area contributed by atoms with E-state index < -0.39 is 12.1 Å². The summed E-state index contributed by atoms with van der Waals surface area (Å²) >= 11 is 0. The number of pyridine rings is 1. The number of hydrogen-bond acceptors (Lipinski definition) is 7. The third kappa shape index (κ3) is 6.15. The summed E-state index contributed by atoms with van der Waals surface area (Å²) in [4.78, 5) is 33.9. The second-order valence-corrected chi connectivity index (χ2v) is 9.63. The van der Waals surface area contributed by atoms with Gasteiger partial charge in [0.1, 0.15) is 23.0 Å². The predicted octanol–water partition coefficient (Wildman–Crippen LogP) is 3.08. The highest BCUT2D eigenvalue weighted by Crippen LogP contribution is 2.27. The topological polar surface area (TPSA) is 121 Å². The Morgan fingerprint density at radius 2 is 2.08 bits per heavy atom. The van der Waals surface area contributed by atoms with Gasteiger partial charge in [0, 0.05) is 37.2 Å². The number of hydrogen-bond donors (Lipinski definition) is 2. The van der Waals surface area contributed by atoms with Gasteiger partial charge < -0.3 is 29.5 Å². The molecule has 0 saturated carbocycles. The Morgan fingerprint density at radius 3 is 2.69 bits per heavy atom. The first-order chi connectivity index (χ1) is 17.0. The van der Waals surface area contributed by atoms with E-state index in [0.717, 1.165) is 0 Å². The summed E-state index contributed by atoms with van der Waals surface area (Å²) in [6.45, 7) is 11.6. The molecule has 1 aliphatic heterocycles. The van der Waals surface area contributed by atoms with Crippen molar-refractivity contribution in [2.24, 2.45) is 11.8 Å². The summed E-state index contributed by atoms with van der Waals surface area (Å²) in [6.07, 6.45) is 1.11. The van der Waals surface area contributed by atoms with Crippen molar-refractivity contribution in [2.45, 2.75) is 53.7 Å². The smallest absolute Gasteiger partial charge is 0.321 e. The number of aliphatic hydroxyl groups excluding tert-OH is 1. The van der Waals surface area contributed by atoms with E-state index in [4.69, 9.17) is 9.26 Å². The van der Waals surface area contributed by atoms with Crippen LogP contribution < -0.4 is 10.1 Å². The first-order valence-electron chi connectivity index (χ1n) is 12.1. The Labute approximate surface area is 212 Å². The van der Waals surface area contributed by atoms with Gasteiger partial charge in [-0.15, -0.1) is 0 Å². The average Bonchev–Trinajstić information content (AvgIpc) is 3.16. The lowest BCUT2D eigenvalue weighted by Crippen LogP contribution is -2.50.